The van der Waals surface area contributed by atoms with E-state index in [2.05, 4.69) is 22.2 Å². The highest BCUT2D eigenvalue weighted by atomic mass is 16.5. The molecule has 1 heterocycles. The molecule has 5 nitrogen and oxygen atoms in total. The molecular weight excluding hydrogens is 290 g/mol. The van der Waals surface area contributed by atoms with Crippen LogP contribution in [0, 0.1) is 0 Å². The first kappa shape index (κ1) is 15.6. The second-order valence-corrected chi connectivity index (χ2v) is 5.90. The van der Waals surface area contributed by atoms with Crippen molar-refractivity contribution in [3.8, 4) is 5.75 Å². The van der Waals surface area contributed by atoms with Crippen molar-refractivity contribution in [2.45, 2.75) is 45.4 Å². The maximum Gasteiger partial charge on any atom is 0.255 e. The smallest absolute Gasteiger partial charge is 0.255 e. The Bertz CT molecular complexity index is 707. The van der Waals surface area contributed by atoms with E-state index in [1.54, 1.807) is 0 Å². The van der Waals surface area contributed by atoms with Gasteiger partial charge in [-0.15, -0.1) is 0 Å². The van der Waals surface area contributed by atoms with E-state index in [1.807, 2.05) is 24.3 Å². The van der Waals surface area contributed by atoms with Crippen LogP contribution in [0.4, 0.5) is 11.6 Å². The van der Waals surface area contributed by atoms with Crippen molar-refractivity contribution >= 4 is 11.6 Å². The van der Waals surface area contributed by atoms with Crippen molar-refractivity contribution < 1.29 is 4.74 Å². The number of aromatic amines is 1. The second kappa shape index (κ2) is 7.31. The van der Waals surface area contributed by atoms with Crippen LogP contribution in [0.3, 0.4) is 0 Å². The standard InChI is InChI=1S/C18H23N3O2/c1-2-3-12-23-14-10-8-13(9-11-14)19-18-20-16-7-5-4-6-15(16)17(22)21-18/h8-11H,2-7,12H2,1H3,(H2,19,20,21,22). The summed E-state index contributed by atoms with van der Waals surface area (Å²) in [5.41, 5.74) is 2.65. The Morgan fingerprint density at radius 2 is 2.00 bits per heavy atom. The minimum absolute atomic E-state index is 0.0169. The number of fused-ring (bicyclic) bond motifs is 1. The number of anilines is 2. The molecule has 0 bridgehead atoms. The van der Waals surface area contributed by atoms with Crippen molar-refractivity contribution in [2.75, 3.05) is 11.9 Å². The van der Waals surface area contributed by atoms with E-state index in [1.165, 1.54) is 0 Å². The summed E-state index contributed by atoms with van der Waals surface area (Å²) in [4.78, 5) is 19.5. The highest BCUT2D eigenvalue weighted by Gasteiger charge is 2.15. The number of benzene rings is 1. The molecule has 5 heteroatoms. The lowest BCUT2D eigenvalue weighted by Crippen LogP contribution is -2.22. The van der Waals surface area contributed by atoms with Gasteiger partial charge in [-0.2, -0.15) is 0 Å². The molecule has 0 saturated carbocycles. The summed E-state index contributed by atoms with van der Waals surface area (Å²) in [7, 11) is 0. The Kier molecular flexibility index (Phi) is 4.95. The molecule has 122 valence electrons. The Hall–Kier alpha value is -2.30. The van der Waals surface area contributed by atoms with Gasteiger partial charge in [-0.1, -0.05) is 13.3 Å². The first-order valence-corrected chi connectivity index (χ1v) is 8.38. The first-order valence-electron chi connectivity index (χ1n) is 8.38. The lowest BCUT2D eigenvalue weighted by atomic mass is 9.97. The number of nitrogens with zero attached hydrogens (tertiary/aromatic N) is 1. The predicted octanol–water partition coefficient (Wildman–Crippen LogP) is 3.57. The van der Waals surface area contributed by atoms with E-state index in [9.17, 15) is 4.79 Å². The summed E-state index contributed by atoms with van der Waals surface area (Å²) < 4.78 is 5.64. The lowest BCUT2D eigenvalue weighted by molar-refractivity contribution is 0.309. The molecule has 3 rings (SSSR count). The molecule has 1 aromatic carbocycles. The van der Waals surface area contributed by atoms with Gasteiger partial charge in [0.05, 0.1) is 12.3 Å². The van der Waals surface area contributed by atoms with Crippen LogP contribution in [0.2, 0.25) is 0 Å². The number of aromatic nitrogens is 2. The molecule has 2 aromatic rings. The summed E-state index contributed by atoms with van der Waals surface area (Å²) in [6.07, 6.45) is 6.08. The van der Waals surface area contributed by atoms with Gasteiger partial charge in [-0.3, -0.25) is 9.78 Å². The van der Waals surface area contributed by atoms with Gasteiger partial charge in [0.15, 0.2) is 0 Å². The summed E-state index contributed by atoms with van der Waals surface area (Å²) in [5, 5.41) is 3.17. The van der Waals surface area contributed by atoms with Gasteiger partial charge in [-0.05, 0) is 56.4 Å². The molecule has 23 heavy (non-hydrogen) atoms. The molecule has 0 atom stereocenters. The fourth-order valence-corrected chi connectivity index (χ4v) is 2.77. The van der Waals surface area contributed by atoms with Gasteiger partial charge < -0.3 is 10.1 Å². The number of ether oxygens (including phenoxy) is 1. The van der Waals surface area contributed by atoms with Crippen LogP contribution in [0.25, 0.3) is 0 Å². The molecule has 0 aliphatic heterocycles. The monoisotopic (exact) mass is 313 g/mol. The molecule has 0 radical (unpaired) electrons. The van der Waals surface area contributed by atoms with Crippen molar-refractivity contribution in [1.82, 2.24) is 9.97 Å². The highest BCUT2D eigenvalue weighted by Crippen LogP contribution is 2.20. The summed E-state index contributed by atoms with van der Waals surface area (Å²) in [6.45, 7) is 2.88. The molecule has 0 unspecified atom stereocenters. The van der Waals surface area contributed by atoms with Crippen LogP contribution >= 0.6 is 0 Å². The molecule has 0 fully saturated rings. The first-order chi connectivity index (χ1) is 11.3. The lowest BCUT2D eigenvalue weighted by Gasteiger charge is -2.15. The van der Waals surface area contributed by atoms with Crippen molar-refractivity contribution in [3.05, 3.63) is 45.9 Å². The SMILES string of the molecule is CCCCOc1ccc(Nc2nc3c(c(=O)[nH]2)CCCC3)cc1. The number of nitrogens with one attached hydrogen (secondary N) is 2. The van der Waals surface area contributed by atoms with Gasteiger partial charge in [0.25, 0.3) is 5.56 Å². The third-order valence-electron chi connectivity index (χ3n) is 4.08. The van der Waals surface area contributed by atoms with E-state index < -0.39 is 0 Å². The summed E-state index contributed by atoms with van der Waals surface area (Å²) in [5.74, 6) is 1.37. The molecule has 1 aliphatic carbocycles. The second-order valence-electron chi connectivity index (χ2n) is 5.90. The van der Waals surface area contributed by atoms with Gasteiger partial charge in [0, 0.05) is 11.3 Å². The zero-order valence-electron chi connectivity index (χ0n) is 13.5. The fraction of sp³-hybridized carbons (Fsp3) is 0.444. The number of hydrogen-bond donors (Lipinski definition) is 2. The van der Waals surface area contributed by atoms with Crippen LogP contribution in [0.1, 0.15) is 43.9 Å². The summed E-state index contributed by atoms with van der Waals surface area (Å²) in [6, 6.07) is 7.71. The number of hydrogen-bond acceptors (Lipinski definition) is 4. The predicted molar refractivity (Wildman–Crippen MR) is 91.6 cm³/mol. The minimum atomic E-state index is -0.0169. The van der Waals surface area contributed by atoms with Crippen molar-refractivity contribution in [3.63, 3.8) is 0 Å². The number of unbranched alkanes of at least 4 members (excludes halogenated alkanes) is 1. The number of rotatable bonds is 6. The largest absolute Gasteiger partial charge is 0.494 e. The minimum Gasteiger partial charge on any atom is -0.494 e. The van der Waals surface area contributed by atoms with Gasteiger partial charge in [0.2, 0.25) is 5.95 Å². The maximum atomic E-state index is 12.1. The quantitative estimate of drug-likeness (QED) is 0.800. The maximum absolute atomic E-state index is 12.1. The molecule has 0 spiro atoms. The molecule has 0 amide bonds. The number of H-pyrrole nitrogens is 1. The van der Waals surface area contributed by atoms with E-state index >= 15 is 0 Å². The summed E-state index contributed by atoms with van der Waals surface area (Å²) >= 11 is 0. The fourth-order valence-electron chi connectivity index (χ4n) is 2.77. The van der Waals surface area contributed by atoms with Gasteiger partial charge >= 0.3 is 0 Å². The third kappa shape index (κ3) is 3.92. The number of aryl methyl sites for hydroxylation is 1. The van der Waals surface area contributed by atoms with Crippen LogP contribution in [0.5, 0.6) is 5.75 Å². The molecular formula is C18H23N3O2. The van der Waals surface area contributed by atoms with Crippen molar-refractivity contribution in [1.29, 1.82) is 0 Å². The molecule has 1 aromatic heterocycles. The average Bonchev–Trinajstić information content (AvgIpc) is 2.57. The zero-order chi connectivity index (χ0) is 16.1. The Morgan fingerprint density at radius 3 is 2.78 bits per heavy atom. The molecule has 2 N–H and O–H groups in total. The van der Waals surface area contributed by atoms with Crippen molar-refractivity contribution in [2.24, 2.45) is 0 Å². The van der Waals surface area contributed by atoms with Gasteiger partial charge in [0.1, 0.15) is 5.75 Å². The Labute approximate surface area is 136 Å². The molecule has 1 aliphatic rings. The van der Waals surface area contributed by atoms with Crippen LogP contribution in [-0.2, 0) is 12.8 Å². The van der Waals surface area contributed by atoms with Crippen LogP contribution < -0.4 is 15.6 Å². The van der Waals surface area contributed by atoms with E-state index in [-0.39, 0.29) is 5.56 Å². The third-order valence-corrected chi connectivity index (χ3v) is 4.08. The van der Waals surface area contributed by atoms with E-state index in [0.717, 1.165) is 67.8 Å². The van der Waals surface area contributed by atoms with Crippen LogP contribution in [-0.4, -0.2) is 16.6 Å². The molecule has 0 saturated heterocycles. The highest BCUT2D eigenvalue weighted by molar-refractivity contribution is 5.54. The normalized spacial score (nSPS) is 13.4. The zero-order valence-corrected chi connectivity index (χ0v) is 13.5. The van der Waals surface area contributed by atoms with E-state index in [0.29, 0.717) is 5.95 Å². The average molecular weight is 313 g/mol. The topological polar surface area (TPSA) is 67.0 Å². The Balaban J connectivity index is 1.69. The van der Waals surface area contributed by atoms with E-state index in [4.69, 9.17) is 4.74 Å². The van der Waals surface area contributed by atoms with Gasteiger partial charge in [-0.25, -0.2) is 4.98 Å². The van der Waals surface area contributed by atoms with Crippen LogP contribution in [0.15, 0.2) is 29.1 Å². The Morgan fingerprint density at radius 1 is 1.22 bits per heavy atom.